The molecule has 6 rings (SSSR count). The molecule has 0 amide bonds. The first kappa shape index (κ1) is 28.5. The molecule has 1 saturated heterocycles. The number of pyridine rings is 1. The lowest BCUT2D eigenvalue weighted by Gasteiger charge is -2.37. The maximum absolute atomic E-state index is 14.7. The highest BCUT2D eigenvalue weighted by Crippen LogP contribution is 2.36. The smallest absolute Gasteiger partial charge is 0.365 e. The van der Waals surface area contributed by atoms with Crippen LogP contribution < -0.4 is 11.0 Å². The fraction of sp³-hybridized carbons (Fsp3) is 0.464. The van der Waals surface area contributed by atoms with Gasteiger partial charge in [0.25, 0.3) is 0 Å². The molecule has 9 nitrogen and oxygen atoms in total. The summed E-state index contributed by atoms with van der Waals surface area (Å²) in [7, 11) is 0. The first-order valence-corrected chi connectivity index (χ1v) is 13.9. The van der Waals surface area contributed by atoms with Crippen molar-refractivity contribution in [2.75, 3.05) is 13.1 Å². The highest BCUT2D eigenvalue weighted by atomic mass is 19.4. The van der Waals surface area contributed by atoms with Gasteiger partial charge in [0.15, 0.2) is 23.6 Å². The number of halogens is 5. The maximum atomic E-state index is 14.7. The fourth-order valence-electron chi connectivity index (χ4n) is 6.31. The van der Waals surface area contributed by atoms with Gasteiger partial charge in [-0.2, -0.15) is 13.2 Å². The standard InChI is InChI=1S/C28H30F5N7O2/c29-20-4-1-3-19(23(20)30)16-6-7-21(25-35-14-18(39(25)15-16)13-28(31,32)33)36-26(41)38-11-8-17(9-12-38)40-22-5-2-10-34-24(22)37-27(40)42/h1-5,10,14,16-17,21,26,36,41H,6-9,11-13,15H2,(H,34,37,42)/t16-,21-,26?/m1/s1. The molecular formula is C28H30F5N7O2. The number of likely N-dealkylation sites (tertiary alicyclic amines) is 1. The topological polar surface area (TPSA) is 104 Å². The quantitative estimate of drug-likeness (QED) is 0.230. The lowest BCUT2D eigenvalue weighted by atomic mass is 9.92. The predicted molar refractivity (Wildman–Crippen MR) is 142 cm³/mol. The minimum absolute atomic E-state index is 0.00494. The molecule has 4 aromatic rings. The Balaban J connectivity index is 1.20. The zero-order valence-electron chi connectivity index (χ0n) is 22.5. The van der Waals surface area contributed by atoms with Crippen molar-refractivity contribution in [1.29, 1.82) is 0 Å². The Morgan fingerprint density at radius 3 is 2.62 bits per heavy atom. The van der Waals surface area contributed by atoms with Crippen LogP contribution in [-0.4, -0.2) is 59.7 Å². The van der Waals surface area contributed by atoms with Gasteiger partial charge in [-0.15, -0.1) is 0 Å². The van der Waals surface area contributed by atoms with Gasteiger partial charge in [-0.05, 0) is 49.4 Å². The van der Waals surface area contributed by atoms with Crippen molar-refractivity contribution in [3.8, 4) is 0 Å². The third-order valence-electron chi connectivity index (χ3n) is 8.34. The number of alkyl halides is 3. The number of hydrogen-bond donors (Lipinski definition) is 3. The molecule has 3 atom stereocenters. The van der Waals surface area contributed by atoms with Gasteiger partial charge in [-0.25, -0.2) is 23.5 Å². The highest BCUT2D eigenvalue weighted by molar-refractivity contribution is 5.70. The van der Waals surface area contributed by atoms with E-state index >= 15 is 0 Å². The van der Waals surface area contributed by atoms with Crippen molar-refractivity contribution in [1.82, 2.24) is 34.3 Å². The van der Waals surface area contributed by atoms with Gasteiger partial charge >= 0.3 is 11.9 Å². The van der Waals surface area contributed by atoms with E-state index in [0.717, 1.165) is 12.3 Å². The van der Waals surface area contributed by atoms with Crippen LogP contribution >= 0.6 is 0 Å². The molecule has 0 aliphatic carbocycles. The number of piperidine rings is 1. The Bertz CT molecular complexity index is 1620. The minimum Gasteiger partial charge on any atom is -0.365 e. The van der Waals surface area contributed by atoms with E-state index < -0.39 is 42.5 Å². The van der Waals surface area contributed by atoms with Crippen molar-refractivity contribution in [2.45, 2.75) is 69.2 Å². The lowest BCUT2D eigenvalue weighted by molar-refractivity contribution is -0.128. The zero-order chi connectivity index (χ0) is 29.6. The largest absolute Gasteiger partial charge is 0.394 e. The average Bonchev–Trinajstić information content (AvgIpc) is 3.43. The fourth-order valence-corrected chi connectivity index (χ4v) is 6.31. The third-order valence-corrected chi connectivity index (χ3v) is 8.34. The van der Waals surface area contributed by atoms with Crippen molar-refractivity contribution in [3.05, 3.63) is 81.9 Å². The van der Waals surface area contributed by atoms with E-state index in [4.69, 9.17) is 0 Å². The van der Waals surface area contributed by atoms with Crippen LogP contribution in [0.5, 0.6) is 0 Å². The molecule has 1 aromatic carbocycles. The second-order valence-electron chi connectivity index (χ2n) is 11.0. The third kappa shape index (κ3) is 5.57. The average molecular weight is 592 g/mol. The van der Waals surface area contributed by atoms with Crippen LogP contribution in [0.1, 0.15) is 60.8 Å². The molecule has 3 aromatic heterocycles. The number of hydrogen-bond acceptors (Lipinski definition) is 6. The summed E-state index contributed by atoms with van der Waals surface area (Å²) in [6, 6.07) is 6.69. The molecule has 0 spiro atoms. The summed E-state index contributed by atoms with van der Waals surface area (Å²) < 4.78 is 72.0. The van der Waals surface area contributed by atoms with Gasteiger partial charge in [-0.3, -0.25) is 19.8 Å². The van der Waals surface area contributed by atoms with Crippen molar-refractivity contribution in [2.24, 2.45) is 0 Å². The molecule has 3 N–H and O–H groups in total. The first-order valence-electron chi connectivity index (χ1n) is 13.9. The second kappa shape index (κ2) is 11.2. The molecule has 42 heavy (non-hydrogen) atoms. The van der Waals surface area contributed by atoms with Crippen LogP contribution in [0.3, 0.4) is 0 Å². The van der Waals surface area contributed by atoms with Crippen LogP contribution in [-0.2, 0) is 13.0 Å². The molecule has 1 fully saturated rings. The molecule has 14 heteroatoms. The maximum Gasteiger partial charge on any atom is 0.394 e. The Kier molecular flexibility index (Phi) is 7.62. The van der Waals surface area contributed by atoms with E-state index in [0.29, 0.717) is 55.8 Å². The number of aliphatic hydroxyl groups excluding tert-OH is 1. The molecule has 2 aliphatic rings. The number of aromatic nitrogens is 5. The number of nitrogens with one attached hydrogen (secondary N) is 2. The van der Waals surface area contributed by atoms with E-state index in [2.05, 4.69) is 20.3 Å². The number of fused-ring (bicyclic) bond motifs is 2. The second-order valence-corrected chi connectivity index (χ2v) is 11.0. The van der Waals surface area contributed by atoms with Crippen molar-refractivity contribution >= 4 is 11.2 Å². The number of imidazole rings is 2. The molecule has 5 heterocycles. The number of aliphatic hydroxyl groups is 1. The van der Waals surface area contributed by atoms with Gasteiger partial charge in [0.2, 0.25) is 0 Å². The summed E-state index contributed by atoms with van der Waals surface area (Å²) >= 11 is 0. The van der Waals surface area contributed by atoms with Gasteiger partial charge in [0.05, 0.1) is 18.0 Å². The van der Waals surface area contributed by atoms with Crippen molar-refractivity contribution in [3.63, 3.8) is 0 Å². The van der Waals surface area contributed by atoms with E-state index in [1.54, 1.807) is 21.7 Å². The molecule has 2 aliphatic heterocycles. The number of aromatic amines is 1. The van der Waals surface area contributed by atoms with Gasteiger partial charge in [-0.1, -0.05) is 12.1 Å². The first-order chi connectivity index (χ1) is 20.1. The summed E-state index contributed by atoms with van der Waals surface area (Å²) in [6.45, 7) is 0.903. The van der Waals surface area contributed by atoms with Crippen LogP contribution in [0.2, 0.25) is 0 Å². The Labute approximate surface area is 237 Å². The van der Waals surface area contributed by atoms with Crippen LogP contribution in [0.4, 0.5) is 22.0 Å². The molecule has 0 bridgehead atoms. The summed E-state index contributed by atoms with van der Waals surface area (Å²) in [6.07, 6.45) is -2.26. The minimum atomic E-state index is -4.49. The molecular weight excluding hydrogens is 561 g/mol. The normalized spacial score (nSPS) is 21.4. The molecule has 0 radical (unpaired) electrons. The van der Waals surface area contributed by atoms with Gasteiger partial charge < -0.3 is 9.67 Å². The van der Waals surface area contributed by atoms with Crippen LogP contribution in [0.15, 0.2) is 47.5 Å². The highest BCUT2D eigenvalue weighted by Gasteiger charge is 2.36. The zero-order valence-corrected chi connectivity index (χ0v) is 22.5. The Morgan fingerprint density at radius 1 is 1.07 bits per heavy atom. The van der Waals surface area contributed by atoms with Gasteiger partial charge in [0.1, 0.15) is 5.82 Å². The number of H-pyrrole nitrogens is 1. The van der Waals surface area contributed by atoms with E-state index in [1.165, 1.54) is 16.7 Å². The van der Waals surface area contributed by atoms with E-state index in [9.17, 15) is 31.9 Å². The molecule has 1 unspecified atom stereocenters. The molecule has 224 valence electrons. The number of benzene rings is 1. The SMILES string of the molecule is O=c1[nH]c2ncccc2n1C1CCN(C(O)N[C@@H]2CC[C@@H](c3cccc(F)c3F)Cn3c(CC(F)(F)F)cnc32)CC1. The molecule has 0 saturated carbocycles. The summed E-state index contributed by atoms with van der Waals surface area (Å²) in [5.74, 6) is -2.32. The number of rotatable bonds is 6. The van der Waals surface area contributed by atoms with Crippen molar-refractivity contribution < 1.29 is 27.1 Å². The number of nitrogens with zero attached hydrogens (tertiary/aromatic N) is 5. The Morgan fingerprint density at radius 2 is 1.86 bits per heavy atom. The van der Waals surface area contributed by atoms with E-state index in [1.807, 2.05) is 6.07 Å². The summed E-state index contributed by atoms with van der Waals surface area (Å²) in [5.41, 5.74) is 0.992. The predicted octanol–water partition coefficient (Wildman–Crippen LogP) is 4.13. The summed E-state index contributed by atoms with van der Waals surface area (Å²) in [4.78, 5) is 25.6. The van der Waals surface area contributed by atoms with Crippen LogP contribution in [0, 0.1) is 11.6 Å². The lowest BCUT2D eigenvalue weighted by Crippen LogP contribution is -2.50. The summed E-state index contributed by atoms with van der Waals surface area (Å²) in [5, 5.41) is 14.3. The van der Waals surface area contributed by atoms with Gasteiger partial charge in [0, 0.05) is 49.7 Å². The van der Waals surface area contributed by atoms with Crippen LogP contribution in [0.25, 0.3) is 11.2 Å². The monoisotopic (exact) mass is 591 g/mol. The van der Waals surface area contributed by atoms with E-state index in [-0.39, 0.29) is 29.5 Å². The Hall–Kier alpha value is -3.62.